The molecule has 0 fully saturated rings. The van der Waals surface area contributed by atoms with Crippen LogP contribution in [0.5, 0.6) is 0 Å². The number of nitrogens with zero attached hydrogens (tertiary/aromatic N) is 3. The zero-order valence-corrected chi connectivity index (χ0v) is 18.8. The number of amides is 1. The summed E-state index contributed by atoms with van der Waals surface area (Å²) in [5, 5.41) is 3.43. The van der Waals surface area contributed by atoms with Crippen LogP contribution in [0.25, 0.3) is 11.3 Å². The van der Waals surface area contributed by atoms with Crippen molar-refractivity contribution in [1.29, 1.82) is 0 Å². The third-order valence-electron chi connectivity index (χ3n) is 5.61. The van der Waals surface area contributed by atoms with Crippen LogP contribution in [-0.2, 0) is 11.2 Å². The van der Waals surface area contributed by atoms with Crippen LogP contribution in [0.2, 0.25) is 0 Å². The number of primary amides is 1. The quantitative estimate of drug-likeness (QED) is 0.425. The minimum Gasteiger partial charge on any atom is -0.369 e. The molecule has 0 saturated heterocycles. The van der Waals surface area contributed by atoms with Gasteiger partial charge in [0.1, 0.15) is 5.82 Å². The molecule has 4 aromatic rings. The minimum atomic E-state index is -0.656. The lowest BCUT2D eigenvalue weighted by atomic mass is 9.91. The molecule has 3 N–H and O–H groups in total. The van der Waals surface area contributed by atoms with Crippen LogP contribution >= 0.6 is 0 Å². The standard InChI is InChI=1S/C27H27N5O/c1-18-8-9-19(2)23(16-18)24-11-10-22(25(26(28)33)20-6-5-13-29-17-20)27(32-24)31-15-12-21-7-3-4-14-30-21/h3-11,13-14,16-17,25H,12,15H2,1-2H3,(H2,28,33)(H,31,32). The molecule has 4 rings (SSSR count). The second kappa shape index (κ2) is 10.0. The van der Waals surface area contributed by atoms with E-state index in [1.54, 1.807) is 24.7 Å². The monoisotopic (exact) mass is 437 g/mol. The van der Waals surface area contributed by atoms with Crippen LogP contribution in [0.3, 0.4) is 0 Å². The Morgan fingerprint density at radius 2 is 1.91 bits per heavy atom. The van der Waals surface area contributed by atoms with Crippen molar-refractivity contribution in [1.82, 2.24) is 15.0 Å². The predicted molar refractivity (Wildman–Crippen MR) is 131 cm³/mol. The Bertz CT molecular complexity index is 1240. The highest BCUT2D eigenvalue weighted by molar-refractivity contribution is 5.87. The molecule has 3 aromatic heterocycles. The lowest BCUT2D eigenvalue weighted by Crippen LogP contribution is -2.24. The van der Waals surface area contributed by atoms with Gasteiger partial charge in [0.2, 0.25) is 5.91 Å². The van der Waals surface area contributed by atoms with E-state index in [-0.39, 0.29) is 0 Å². The van der Waals surface area contributed by atoms with Gasteiger partial charge in [-0.25, -0.2) is 4.98 Å². The summed E-state index contributed by atoms with van der Waals surface area (Å²) in [5.74, 6) is -0.467. The molecule has 166 valence electrons. The lowest BCUT2D eigenvalue weighted by Gasteiger charge is -2.19. The van der Waals surface area contributed by atoms with Crippen molar-refractivity contribution < 1.29 is 4.79 Å². The van der Waals surface area contributed by atoms with Gasteiger partial charge < -0.3 is 11.1 Å². The van der Waals surface area contributed by atoms with Crippen molar-refractivity contribution >= 4 is 11.7 Å². The Hall–Kier alpha value is -4.06. The third-order valence-corrected chi connectivity index (χ3v) is 5.61. The number of carbonyl (C=O) groups is 1. The first-order valence-electron chi connectivity index (χ1n) is 10.9. The first kappa shape index (κ1) is 22.1. The Labute approximate surface area is 194 Å². The molecule has 1 amide bonds. The summed E-state index contributed by atoms with van der Waals surface area (Å²) >= 11 is 0. The molecule has 6 heteroatoms. The van der Waals surface area contributed by atoms with E-state index in [4.69, 9.17) is 10.7 Å². The molecule has 0 saturated carbocycles. The van der Waals surface area contributed by atoms with Gasteiger partial charge in [-0.1, -0.05) is 35.9 Å². The smallest absolute Gasteiger partial charge is 0.229 e. The topological polar surface area (TPSA) is 93.8 Å². The molecule has 6 nitrogen and oxygen atoms in total. The fraction of sp³-hybridized carbons (Fsp3) is 0.185. The van der Waals surface area contributed by atoms with Gasteiger partial charge >= 0.3 is 0 Å². The van der Waals surface area contributed by atoms with E-state index in [0.717, 1.165) is 45.6 Å². The number of hydrogen-bond acceptors (Lipinski definition) is 5. The second-order valence-corrected chi connectivity index (χ2v) is 8.07. The second-order valence-electron chi connectivity index (χ2n) is 8.07. The summed E-state index contributed by atoms with van der Waals surface area (Å²) in [6.45, 7) is 4.75. The number of nitrogens with two attached hydrogens (primary N) is 1. The average Bonchev–Trinajstić information content (AvgIpc) is 2.83. The van der Waals surface area contributed by atoms with Crippen LogP contribution in [0.15, 0.2) is 79.3 Å². The van der Waals surface area contributed by atoms with Gasteiger partial charge in [-0.3, -0.25) is 14.8 Å². The molecule has 0 aliphatic heterocycles. The minimum absolute atomic E-state index is 0.447. The van der Waals surface area contributed by atoms with E-state index >= 15 is 0 Å². The predicted octanol–water partition coefficient (Wildman–Crippen LogP) is 4.43. The molecular formula is C27H27N5O. The lowest BCUT2D eigenvalue weighted by molar-refractivity contribution is -0.118. The fourth-order valence-corrected chi connectivity index (χ4v) is 3.91. The first-order valence-corrected chi connectivity index (χ1v) is 10.9. The number of benzene rings is 1. The number of aryl methyl sites for hydroxylation is 2. The first-order chi connectivity index (χ1) is 16.0. The highest BCUT2D eigenvalue weighted by Crippen LogP contribution is 2.32. The number of rotatable bonds is 8. The third kappa shape index (κ3) is 5.23. The molecule has 0 aliphatic rings. The van der Waals surface area contributed by atoms with E-state index in [2.05, 4.69) is 47.3 Å². The van der Waals surface area contributed by atoms with E-state index in [0.29, 0.717) is 12.4 Å². The van der Waals surface area contributed by atoms with Crippen LogP contribution in [0, 0.1) is 13.8 Å². The van der Waals surface area contributed by atoms with Gasteiger partial charge in [0.15, 0.2) is 0 Å². The van der Waals surface area contributed by atoms with E-state index in [9.17, 15) is 4.79 Å². The molecule has 3 heterocycles. The average molecular weight is 438 g/mol. The van der Waals surface area contributed by atoms with Crippen molar-refractivity contribution in [3.05, 3.63) is 107 Å². The Morgan fingerprint density at radius 1 is 1.03 bits per heavy atom. The number of carbonyl (C=O) groups excluding carboxylic acids is 1. The largest absolute Gasteiger partial charge is 0.369 e. The van der Waals surface area contributed by atoms with Crippen molar-refractivity contribution in [3.63, 3.8) is 0 Å². The number of nitrogens with one attached hydrogen (secondary N) is 1. The molecule has 0 spiro atoms. The molecule has 0 bridgehead atoms. The van der Waals surface area contributed by atoms with E-state index < -0.39 is 11.8 Å². The molecular weight excluding hydrogens is 410 g/mol. The highest BCUT2D eigenvalue weighted by Gasteiger charge is 2.25. The molecule has 1 atom stereocenters. The molecule has 33 heavy (non-hydrogen) atoms. The summed E-state index contributed by atoms with van der Waals surface area (Å²) in [4.78, 5) is 26.0. The van der Waals surface area contributed by atoms with Gasteiger partial charge in [-0.2, -0.15) is 0 Å². The summed E-state index contributed by atoms with van der Waals surface area (Å²) in [6.07, 6.45) is 5.86. The number of aromatic nitrogens is 3. The van der Waals surface area contributed by atoms with E-state index in [1.165, 1.54) is 0 Å². The molecule has 0 radical (unpaired) electrons. The maximum atomic E-state index is 12.5. The summed E-state index contributed by atoms with van der Waals surface area (Å²) in [6, 6.07) is 19.7. The van der Waals surface area contributed by atoms with Gasteiger partial charge in [0.25, 0.3) is 0 Å². The maximum absolute atomic E-state index is 12.5. The highest BCUT2D eigenvalue weighted by atomic mass is 16.1. The van der Waals surface area contributed by atoms with Crippen LogP contribution < -0.4 is 11.1 Å². The Balaban J connectivity index is 1.74. The van der Waals surface area contributed by atoms with Crippen LogP contribution in [0.1, 0.15) is 33.9 Å². The van der Waals surface area contributed by atoms with E-state index in [1.807, 2.05) is 36.4 Å². The Kier molecular flexibility index (Phi) is 6.74. The van der Waals surface area contributed by atoms with Gasteiger partial charge in [-0.05, 0) is 55.3 Å². The van der Waals surface area contributed by atoms with Crippen LogP contribution in [0.4, 0.5) is 5.82 Å². The van der Waals surface area contributed by atoms with Crippen LogP contribution in [-0.4, -0.2) is 27.4 Å². The van der Waals surface area contributed by atoms with Crippen molar-refractivity contribution in [2.45, 2.75) is 26.2 Å². The SMILES string of the molecule is Cc1ccc(C)c(-c2ccc(C(C(N)=O)c3cccnc3)c(NCCc3ccccn3)n2)c1. The maximum Gasteiger partial charge on any atom is 0.229 e. The fourth-order valence-electron chi connectivity index (χ4n) is 3.91. The van der Waals surface area contributed by atoms with Gasteiger partial charge in [-0.15, -0.1) is 0 Å². The zero-order chi connectivity index (χ0) is 23.2. The number of hydrogen-bond donors (Lipinski definition) is 2. The van der Waals surface area contributed by atoms with Gasteiger partial charge in [0.05, 0.1) is 11.6 Å². The summed E-state index contributed by atoms with van der Waals surface area (Å²) in [5.41, 5.74) is 12.5. The number of pyridine rings is 3. The molecule has 0 aliphatic carbocycles. The zero-order valence-electron chi connectivity index (χ0n) is 18.8. The molecule has 1 unspecified atom stereocenters. The van der Waals surface area contributed by atoms with Crippen molar-refractivity contribution in [3.8, 4) is 11.3 Å². The van der Waals surface area contributed by atoms with Crippen molar-refractivity contribution in [2.75, 3.05) is 11.9 Å². The Morgan fingerprint density at radius 3 is 2.64 bits per heavy atom. The summed E-state index contributed by atoms with van der Waals surface area (Å²) < 4.78 is 0. The summed E-state index contributed by atoms with van der Waals surface area (Å²) in [7, 11) is 0. The number of anilines is 1. The van der Waals surface area contributed by atoms with Gasteiger partial charge in [0, 0.05) is 48.4 Å². The van der Waals surface area contributed by atoms with Crippen molar-refractivity contribution in [2.24, 2.45) is 5.73 Å². The normalized spacial score (nSPS) is 11.7. The molecule has 1 aromatic carbocycles.